The van der Waals surface area contributed by atoms with E-state index in [2.05, 4.69) is 11.2 Å². The van der Waals surface area contributed by atoms with Gasteiger partial charge in [0.25, 0.3) is 5.91 Å². The zero-order valence-electron chi connectivity index (χ0n) is 11.7. The number of benzene rings is 1. The molecule has 5 heteroatoms. The molecule has 0 saturated carbocycles. The number of fused-ring (bicyclic) bond motifs is 1. The third kappa shape index (κ3) is 2.14. The summed E-state index contributed by atoms with van der Waals surface area (Å²) in [6.07, 6.45) is 4.16. The van der Waals surface area contributed by atoms with Gasteiger partial charge in [0, 0.05) is 25.5 Å². The Labute approximate surface area is 123 Å². The number of rotatable bonds is 2. The Balaban J connectivity index is 1.48. The number of nitrogens with zero attached hydrogens (tertiary/aromatic N) is 3. The normalized spacial score (nSPS) is 21.7. The molecule has 0 bridgehead atoms. The minimum absolute atomic E-state index is 0.0746. The number of hydrogen-bond acceptors (Lipinski definition) is 3. The van der Waals surface area contributed by atoms with E-state index in [-0.39, 0.29) is 5.91 Å². The SMILES string of the molecule is O=C(C1OCCc2ccccc21)N1CC(n2cccn2)C1. The van der Waals surface area contributed by atoms with E-state index in [4.69, 9.17) is 4.74 Å². The maximum atomic E-state index is 12.6. The van der Waals surface area contributed by atoms with Gasteiger partial charge in [-0.05, 0) is 23.6 Å². The Morgan fingerprint density at radius 2 is 2.10 bits per heavy atom. The second kappa shape index (κ2) is 5.00. The highest BCUT2D eigenvalue weighted by molar-refractivity contribution is 5.83. The summed E-state index contributed by atoms with van der Waals surface area (Å²) in [5, 5.41) is 4.23. The summed E-state index contributed by atoms with van der Waals surface area (Å²) in [6, 6.07) is 10.3. The number of carbonyl (C=O) groups excluding carboxylic acids is 1. The van der Waals surface area contributed by atoms with Gasteiger partial charge in [-0.3, -0.25) is 9.48 Å². The van der Waals surface area contributed by atoms with E-state index in [0.29, 0.717) is 25.7 Å². The third-order valence-corrected chi connectivity index (χ3v) is 4.29. The predicted octanol–water partition coefficient (Wildman–Crippen LogP) is 1.58. The van der Waals surface area contributed by atoms with E-state index >= 15 is 0 Å². The van der Waals surface area contributed by atoms with E-state index in [1.165, 1.54) is 5.56 Å². The quantitative estimate of drug-likeness (QED) is 0.840. The topological polar surface area (TPSA) is 47.4 Å². The molecule has 1 amide bonds. The molecule has 21 heavy (non-hydrogen) atoms. The highest BCUT2D eigenvalue weighted by Gasteiger charge is 2.38. The standard InChI is InChI=1S/C16H17N3O2/c20-16(18-10-13(11-18)19-8-3-7-17-19)15-14-5-2-1-4-12(14)6-9-21-15/h1-5,7-8,13,15H,6,9-11H2. The Bertz CT molecular complexity index is 647. The van der Waals surface area contributed by atoms with Gasteiger partial charge in [0.05, 0.1) is 12.6 Å². The van der Waals surface area contributed by atoms with Crippen LogP contribution in [0, 0.1) is 0 Å². The second-order valence-corrected chi connectivity index (χ2v) is 5.58. The van der Waals surface area contributed by atoms with Crippen LogP contribution in [0.25, 0.3) is 0 Å². The van der Waals surface area contributed by atoms with Crippen molar-refractivity contribution in [3.8, 4) is 0 Å². The molecule has 0 aliphatic carbocycles. The highest BCUT2D eigenvalue weighted by Crippen LogP contribution is 2.31. The van der Waals surface area contributed by atoms with Gasteiger partial charge in [-0.15, -0.1) is 0 Å². The Morgan fingerprint density at radius 3 is 2.90 bits per heavy atom. The van der Waals surface area contributed by atoms with E-state index in [9.17, 15) is 4.79 Å². The van der Waals surface area contributed by atoms with Gasteiger partial charge in [-0.25, -0.2) is 0 Å². The lowest BCUT2D eigenvalue weighted by molar-refractivity contribution is -0.151. The molecule has 1 saturated heterocycles. The maximum Gasteiger partial charge on any atom is 0.256 e. The van der Waals surface area contributed by atoms with Crippen molar-refractivity contribution in [3.63, 3.8) is 0 Å². The smallest absolute Gasteiger partial charge is 0.256 e. The van der Waals surface area contributed by atoms with Gasteiger partial charge in [-0.1, -0.05) is 24.3 Å². The average molecular weight is 283 g/mol. The van der Waals surface area contributed by atoms with Crippen molar-refractivity contribution < 1.29 is 9.53 Å². The van der Waals surface area contributed by atoms with Crippen molar-refractivity contribution in [1.29, 1.82) is 0 Å². The molecular weight excluding hydrogens is 266 g/mol. The highest BCUT2D eigenvalue weighted by atomic mass is 16.5. The number of likely N-dealkylation sites (tertiary alicyclic amines) is 1. The molecule has 1 aromatic heterocycles. The van der Waals surface area contributed by atoms with Gasteiger partial charge in [-0.2, -0.15) is 5.10 Å². The van der Waals surface area contributed by atoms with Crippen molar-refractivity contribution in [1.82, 2.24) is 14.7 Å². The molecule has 1 aromatic carbocycles. The number of aromatic nitrogens is 2. The maximum absolute atomic E-state index is 12.6. The largest absolute Gasteiger partial charge is 0.363 e. The third-order valence-electron chi connectivity index (χ3n) is 4.29. The predicted molar refractivity (Wildman–Crippen MR) is 76.7 cm³/mol. The molecule has 0 spiro atoms. The van der Waals surface area contributed by atoms with Crippen molar-refractivity contribution in [2.24, 2.45) is 0 Å². The molecule has 4 rings (SSSR count). The number of hydrogen-bond donors (Lipinski definition) is 0. The summed E-state index contributed by atoms with van der Waals surface area (Å²) in [7, 11) is 0. The second-order valence-electron chi connectivity index (χ2n) is 5.58. The Hall–Kier alpha value is -2.14. The zero-order chi connectivity index (χ0) is 14.2. The summed E-state index contributed by atoms with van der Waals surface area (Å²) in [6.45, 7) is 2.04. The molecule has 3 heterocycles. The van der Waals surface area contributed by atoms with Crippen molar-refractivity contribution >= 4 is 5.91 Å². The first-order valence-electron chi connectivity index (χ1n) is 7.30. The Morgan fingerprint density at radius 1 is 1.24 bits per heavy atom. The van der Waals surface area contributed by atoms with Crippen molar-refractivity contribution in [3.05, 3.63) is 53.9 Å². The van der Waals surface area contributed by atoms with Crippen molar-refractivity contribution in [2.75, 3.05) is 19.7 Å². The first-order chi connectivity index (χ1) is 10.3. The molecule has 2 aliphatic rings. The molecule has 1 fully saturated rings. The molecular formula is C16H17N3O2. The fraction of sp³-hybridized carbons (Fsp3) is 0.375. The van der Waals surface area contributed by atoms with Gasteiger partial charge < -0.3 is 9.64 Å². The van der Waals surface area contributed by atoms with Crippen LogP contribution < -0.4 is 0 Å². The van der Waals surface area contributed by atoms with Gasteiger partial charge in [0.15, 0.2) is 6.10 Å². The minimum Gasteiger partial charge on any atom is -0.363 e. The first-order valence-corrected chi connectivity index (χ1v) is 7.30. The number of ether oxygens (including phenoxy) is 1. The zero-order valence-corrected chi connectivity index (χ0v) is 11.7. The monoisotopic (exact) mass is 283 g/mol. The lowest BCUT2D eigenvalue weighted by Gasteiger charge is -2.41. The molecule has 0 N–H and O–H groups in total. The van der Waals surface area contributed by atoms with Crippen LogP contribution >= 0.6 is 0 Å². The van der Waals surface area contributed by atoms with E-state index in [0.717, 1.165) is 12.0 Å². The lowest BCUT2D eigenvalue weighted by Crippen LogP contribution is -2.53. The molecule has 2 aliphatic heterocycles. The van der Waals surface area contributed by atoms with Crippen LogP contribution in [0.4, 0.5) is 0 Å². The summed E-state index contributed by atoms with van der Waals surface area (Å²) in [4.78, 5) is 14.5. The van der Waals surface area contributed by atoms with E-state index < -0.39 is 6.10 Å². The van der Waals surface area contributed by atoms with Gasteiger partial charge >= 0.3 is 0 Å². The average Bonchev–Trinajstić information content (AvgIpc) is 2.99. The van der Waals surface area contributed by atoms with Crippen LogP contribution in [0.5, 0.6) is 0 Å². The van der Waals surface area contributed by atoms with Crippen LogP contribution in [0.15, 0.2) is 42.7 Å². The van der Waals surface area contributed by atoms with Crippen LogP contribution in [-0.2, 0) is 16.0 Å². The van der Waals surface area contributed by atoms with Crippen molar-refractivity contribution in [2.45, 2.75) is 18.6 Å². The summed E-state index contributed by atoms with van der Waals surface area (Å²) >= 11 is 0. The lowest BCUT2D eigenvalue weighted by atomic mass is 9.95. The Kier molecular flexibility index (Phi) is 3.00. The molecule has 2 aromatic rings. The van der Waals surface area contributed by atoms with E-state index in [1.807, 2.05) is 40.0 Å². The number of amides is 1. The fourth-order valence-electron chi connectivity index (χ4n) is 3.06. The first kappa shape index (κ1) is 12.6. The van der Waals surface area contributed by atoms with E-state index in [1.54, 1.807) is 6.20 Å². The summed E-state index contributed by atoms with van der Waals surface area (Å²) < 4.78 is 7.65. The molecule has 1 unspecified atom stereocenters. The molecule has 5 nitrogen and oxygen atoms in total. The van der Waals surface area contributed by atoms with Crippen LogP contribution in [0.3, 0.4) is 0 Å². The van der Waals surface area contributed by atoms with Gasteiger partial charge in [0.1, 0.15) is 0 Å². The van der Waals surface area contributed by atoms with Crippen LogP contribution in [0.1, 0.15) is 23.3 Å². The molecule has 1 atom stereocenters. The summed E-state index contributed by atoms with van der Waals surface area (Å²) in [5.74, 6) is 0.0746. The van der Waals surface area contributed by atoms with Crippen LogP contribution in [0.2, 0.25) is 0 Å². The minimum atomic E-state index is -0.437. The summed E-state index contributed by atoms with van der Waals surface area (Å²) in [5.41, 5.74) is 2.25. The molecule has 0 radical (unpaired) electrons. The van der Waals surface area contributed by atoms with Crippen LogP contribution in [-0.4, -0.2) is 40.3 Å². The molecule has 108 valence electrons. The van der Waals surface area contributed by atoms with Gasteiger partial charge in [0.2, 0.25) is 0 Å². The fourth-order valence-corrected chi connectivity index (χ4v) is 3.06. The number of carbonyl (C=O) groups is 1.